The predicted octanol–water partition coefficient (Wildman–Crippen LogP) is 5.88. The Kier molecular flexibility index (Phi) is 4.94. The standard InChI is InChI=1S/C31H28O2/c32-17-15-31(16-18-33,29-13-5-11-25-23-9-3-1-7-21(23)19-27(25)29)30-14-6-12-26-24-10-4-2-8-22(24)20-28(26)30/h1-14,32-33H,15-20H2. The summed E-state index contributed by atoms with van der Waals surface area (Å²) in [4.78, 5) is 0. The number of fused-ring (bicyclic) bond motifs is 6. The molecule has 2 heteroatoms. The first-order valence-corrected chi connectivity index (χ1v) is 11.9. The molecule has 33 heavy (non-hydrogen) atoms. The van der Waals surface area contributed by atoms with Gasteiger partial charge in [0.15, 0.2) is 0 Å². The Balaban J connectivity index is 1.60. The Labute approximate surface area is 195 Å². The van der Waals surface area contributed by atoms with Crippen molar-refractivity contribution in [2.45, 2.75) is 31.1 Å². The fraction of sp³-hybridized carbons (Fsp3) is 0.226. The monoisotopic (exact) mass is 432 g/mol. The highest BCUT2D eigenvalue weighted by molar-refractivity contribution is 5.81. The molecule has 0 atom stereocenters. The summed E-state index contributed by atoms with van der Waals surface area (Å²) in [6.45, 7) is 0.153. The zero-order chi connectivity index (χ0) is 22.4. The molecule has 0 bridgehead atoms. The molecule has 6 rings (SSSR count). The summed E-state index contributed by atoms with van der Waals surface area (Å²) in [5.41, 5.74) is 12.7. The van der Waals surface area contributed by atoms with Gasteiger partial charge in [-0.1, -0.05) is 84.9 Å². The molecule has 0 amide bonds. The van der Waals surface area contributed by atoms with Crippen LogP contribution in [-0.2, 0) is 18.3 Å². The molecule has 2 nitrogen and oxygen atoms in total. The fourth-order valence-corrected chi connectivity index (χ4v) is 6.40. The van der Waals surface area contributed by atoms with E-state index in [4.69, 9.17) is 0 Å². The van der Waals surface area contributed by atoms with Crippen molar-refractivity contribution in [3.05, 3.63) is 118 Å². The molecule has 2 N–H and O–H groups in total. The van der Waals surface area contributed by atoms with E-state index in [0.29, 0.717) is 12.8 Å². The number of aliphatic hydroxyl groups excluding tert-OH is 2. The molecule has 0 heterocycles. The fourth-order valence-electron chi connectivity index (χ4n) is 6.40. The quantitative estimate of drug-likeness (QED) is 0.345. The largest absolute Gasteiger partial charge is 0.396 e. The van der Waals surface area contributed by atoms with Gasteiger partial charge in [0.1, 0.15) is 0 Å². The van der Waals surface area contributed by atoms with Gasteiger partial charge in [-0.25, -0.2) is 0 Å². The smallest absolute Gasteiger partial charge is 0.0442 e. The third-order valence-corrected chi connectivity index (χ3v) is 7.81. The molecular formula is C31H28O2. The Morgan fingerprint density at radius 1 is 0.515 bits per heavy atom. The number of benzene rings is 4. The molecular weight excluding hydrogens is 404 g/mol. The Morgan fingerprint density at radius 3 is 1.39 bits per heavy atom. The van der Waals surface area contributed by atoms with Gasteiger partial charge in [0.2, 0.25) is 0 Å². The maximum Gasteiger partial charge on any atom is 0.0442 e. The van der Waals surface area contributed by atoms with E-state index >= 15 is 0 Å². The van der Waals surface area contributed by atoms with Crippen molar-refractivity contribution in [3.63, 3.8) is 0 Å². The van der Waals surface area contributed by atoms with Gasteiger partial charge in [0.05, 0.1) is 0 Å². The van der Waals surface area contributed by atoms with Gasteiger partial charge in [-0.2, -0.15) is 0 Å². The van der Waals surface area contributed by atoms with E-state index in [0.717, 1.165) is 12.8 Å². The summed E-state index contributed by atoms with van der Waals surface area (Å²) in [5, 5.41) is 20.6. The molecule has 0 saturated heterocycles. The van der Waals surface area contributed by atoms with E-state index in [9.17, 15) is 10.2 Å². The predicted molar refractivity (Wildman–Crippen MR) is 134 cm³/mol. The van der Waals surface area contributed by atoms with Gasteiger partial charge in [0, 0.05) is 18.6 Å². The lowest BCUT2D eigenvalue weighted by Crippen LogP contribution is -2.33. The second kappa shape index (κ2) is 7.98. The van der Waals surface area contributed by atoms with Crippen LogP contribution in [0.15, 0.2) is 84.9 Å². The SMILES string of the molecule is OCCC(CCO)(c1cccc2c1Cc1ccccc1-2)c1cccc2c1Cc1ccccc1-2. The van der Waals surface area contributed by atoms with Crippen molar-refractivity contribution in [3.8, 4) is 22.3 Å². The van der Waals surface area contributed by atoms with Gasteiger partial charge >= 0.3 is 0 Å². The van der Waals surface area contributed by atoms with Crippen molar-refractivity contribution in [1.29, 1.82) is 0 Å². The third kappa shape index (κ3) is 3.02. The normalized spacial score (nSPS) is 13.4. The molecule has 0 saturated carbocycles. The van der Waals surface area contributed by atoms with Crippen LogP contribution in [0.2, 0.25) is 0 Å². The Bertz CT molecular complexity index is 1250. The second-order valence-electron chi connectivity index (χ2n) is 9.36. The molecule has 0 unspecified atom stereocenters. The zero-order valence-electron chi connectivity index (χ0n) is 18.7. The van der Waals surface area contributed by atoms with Gasteiger partial charge in [-0.15, -0.1) is 0 Å². The van der Waals surface area contributed by atoms with Gasteiger partial charge in [-0.05, 0) is 81.3 Å². The van der Waals surface area contributed by atoms with Crippen LogP contribution in [0.4, 0.5) is 0 Å². The van der Waals surface area contributed by atoms with E-state index in [2.05, 4.69) is 84.9 Å². The van der Waals surface area contributed by atoms with E-state index < -0.39 is 5.41 Å². The van der Waals surface area contributed by atoms with Crippen LogP contribution >= 0.6 is 0 Å². The van der Waals surface area contributed by atoms with Crippen LogP contribution in [0.25, 0.3) is 22.3 Å². The van der Waals surface area contributed by atoms with Gasteiger partial charge in [0.25, 0.3) is 0 Å². The number of hydrogen-bond acceptors (Lipinski definition) is 2. The van der Waals surface area contributed by atoms with Crippen molar-refractivity contribution in [2.24, 2.45) is 0 Å². The van der Waals surface area contributed by atoms with E-state index in [1.807, 2.05) is 0 Å². The van der Waals surface area contributed by atoms with Crippen LogP contribution in [0.3, 0.4) is 0 Å². The summed E-state index contributed by atoms with van der Waals surface area (Å²) in [5.74, 6) is 0. The lowest BCUT2D eigenvalue weighted by Gasteiger charge is -2.37. The first kappa shape index (κ1) is 20.4. The molecule has 4 aromatic rings. The van der Waals surface area contributed by atoms with Gasteiger partial charge < -0.3 is 10.2 Å². The highest BCUT2D eigenvalue weighted by atomic mass is 16.3. The summed E-state index contributed by atoms with van der Waals surface area (Å²) < 4.78 is 0. The molecule has 0 radical (unpaired) electrons. The minimum Gasteiger partial charge on any atom is -0.396 e. The Hall–Kier alpha value is -3.20. The van der Waals surface area contributed by atoms with Crippen molar-refractivity contribution < 1.29 is 10.2 Å². The van der Waals surface area contributed by atoms with Crippen LogP contribution in [0, 0.1) is 0 Å². The van der Waals surface area contributed by atoms with Gasteiger partial charge in [-0.3, -0.25) is 0 Å². The molecule has 2 aliphatic rings. The van der Waals surface area contributed by atoms with E-state index in [-0.39, 0.29) is 13.2 Å². The molecule has 0 aromatic heterocycles. The maximum absolute atomic E-state index is 10.3. The number of rotatable bonds is 6. The molecule has 2 aliphatic carbocycles. The summed E-state index contributed by atoms with van der Waals surface area (Å²) in [6.07, 6.45) is 2.98. The highest BCUT2D eigenvalue weighted by Crippen LogP contribution is 2.50. The Morgan fingerprint density at radius 2 is 0.939 bits per heavy atom. The van der Waals surface area contributed by atoms with Crippen molar-refractivity contribution in [2.75, 3.05) is 13.2 Å². The summed E-state index contributed by atoms with van der Waals surface area (Å²) >= 11 is 0. The minimum atomic E-state index is -0.440. The van der Waals surface area contributed by atoms with Crippen LogP contribution in [0.1, 0.15) is 46.2 Å². The van der Waals surface area contributed by atoms with E-state index in [1.165, 1.54) is 55.6 Å². The number of hydrogen-bond donors (Lipinski definition) is 2. The average molecular weight is 433 g/mol. The van der Waals surface area contributed by atoms with E-state index in [1.54, 1.807) is 0 Å². The zero-order valence-corrected chi connectivity index (χ0v) is 18.7. The number of aliphatic hydroxyl groups is 2. The molecule has 164 valence electrons. The third-order valence-electron chi connectivity index (χ3n) is 7.81. The second-order valence-corrected chi connectivity index (χ2v) is 9.36. The summed E-state index contributed by atoms with van der Waals surface area (Å²) in [6, 6.07) is 30.5. The lowest BCUT2D eigenvalue weighted by molar-refractivity contribution is 0.209. The molecule has 0 aliphatic heterocycles. The van der Waals surface area contributed by atoms with Crippen LogP contribution in [-0.4, -0.2) is 23.4 Å². The first-order valence-electron chi connectivity index (χ1n) is 11.9. The average Bonchev–Trinajstić information content (AvgIpc) is 3.42. The maximum atomic E-state index is 10.3. The van der Waals surface area contributed by atoms with Crippen molar-refractivity contribution in [1.82, 2.24) is 0 Å². The van der Waals surface area contributed by atoms with Crippen molar-refractivity contribution >= 4 is 0 Å². The molecule has 0 spiro atoms. The minimum absolute atomic E-state index is 0.0766. The molecule has 4 aromatic carbocycles. The lowest BCUT2D eigenvalue weighted by atomic mass is 9.66. The highest BCUT2D eigenvalue weighted by Gasteiger charge is 2.40. The van der Waals surface area contributed by atoms with Crippen LogP contribution in [0.5, 0.6) is 0 Å². The topological polar surface area (TPSA) is 40.5 Å². The van der Waals surface area contributed by atoms with Crippen LogP contribution < -0.4 is 0 Å². The summed E-state index contributed by atoms with van der Waals surface area (Å²) in [7, 11) is 0. The molecule has 0 fully saturated rings. The first-order chi connectivity index (χ1) is 16.3.